The number of benzene rings is 3. The van der Waals surface area contributed by atoms with Gasteiger partial charge in [0.15, 0.2) is 6.61 Å². The highest BCUT2D eigenvalue weighted by Gasteiger charge is 2.19. The maximum absolute atomic E-state index is 12.5. The summed E-state index contributed by atoms with van der Waals surface area (Å²) in [6, 6.07) is 25.5. The summed E-state index contributed by atoms with van der Waals surface area (Å²) in [6.07, 6.45) is 0.171. The molecule has 4 nitrogen and oxygen atoms in total. The van der Waals surface area contributed by atoms with Gasteiger partial charge in [0.25, 0.3) is 5.91 Å². The van der Waals surface area contributed by atoms with Gasteiger partial charge in [-0.1, -0.05) is 78.4 Å². The predicted octanol–water partition coefficient (Wildman–Crippen LogP) is 5.01. The number of esters is 1. The van der Waals surface area contributed by atoms with E-state index in [1.807, 2.05) is 92.7 Å². The van der Waals surface area contributed by atoms with Gasteiger partial charge in [-0.25, -0.2) is 0 Å². The number of aryl methyl sites for hydroxylation is 2. The molecule has 0 aliphatic carbocycles. The first-order valence-corrected chi connectivity index (χ1v) is 9.65. The minimum atomic E-state index is -0.404. The zero-order valence-corrected chi connectivity index (χ0v) is 16.7. The first-order valence-electron chi connectivity index (χ1n) is 9.65. The van der Waals surface area contributed by atoms with Crippen molar-refractivity contribution in [3.05, 3.63) is 101 Å². The van der Waals surface area contributed by atoms with Crippen LogP contribution < -0.4 is 5.32 Å². The molecular formula is C25H25NO3. The molecule has 0 aliphatic heterocycles. The SMILES string of the molecule is Cc1ccc(NC(=O)COC(=O)CC(c2ccccc2)c2ccccc2)c(C)c1. The summed E-state index contributed by atoms with van der Waals surface area (Å²) in [4.78, 5) is 24.7. The molecule has 0 saturated carbocycles. The van der Waals surface area contributed by atoms with E-state index in [4.69, 9.17) is 4.74 Å². The van der Waals surface area contributed by atoms with Crippen molar-refractivity contribution < 1.29 is 14.3 Å². The maximum Gasteiger partial charge on any atom is 0.307 e. The molecule has 1 amide bonds. The number of hydrogen-bond donors (Lipinski definition) is 1. The molecule has 0 spiro atoms. The third kappa shape index (κ3) is 5.79. The standard InChI is InChI=1S/C25H25NO3/c1-18-13-14-23(19(2)15-18)26-24(27)17-29-25(28)16-22(20-9-5-3-6-10-20)21-11-7-4-8-12-21/h3-15,22H,16-17H2,1-2H3,(H,26,27). The Morgan fingerprint density at radius 2 is 1.45 bits per heavy atom. The van der Waals surface area contributed by atoms with Crippen LogP contribution in [0.4, 0.5) is 5.69 Å². The summed E-state index contributed by atoms with van der Waals surface area (Å²) in [7, 11) is 0. The van der Waals surface area contributed by atoms with Crippen molar-refractivity contribution in [2.24, 2.45) is 0 Å². The molecule has 0 bridgehead atoms. The summed E-state index contributed by atoms with van der Waals surface area (Å²) < 4.78 is 5.26. The highest BCUT2D eigenvalue weighted by molar-refractivity contribution is 5.93. The zero-order valence-electron chi connectivity index (χ0n) is 16.7. The first-order chi connectivity index (χ1) is 14.0. The molecule has 3 aromatic carbocycles. The van der Waals surface area contributed by atoms with Crippen LogP contribution >= 0.6 is 0 Å². The van der Waals surface area contributed by atoms with Crippen LogP contribution in [0.15, 0.2) is 78.9 Å². The van der Waals surface area contributed by atoms with Gasteiger partial charge in [-0.3, -0.25) is 9.59 Å². The number of hydrogen-bond acceptors (Lipinski definition) is 3. The van der Waals surface area contributed by atoms with Crippen LogP contribution in [-0.2, 0) is 14.3 Å². The van der Waals surface area contributed by atoms with Crippen molar-refractivity contribution in [1.82, 2.24) is 0 Å². The summed E-state index contributed by atoms with van der Waals surface area (Å²) in [6.45, 7) is 3.62. The van der Waals surface area contributed by atoms with E-state index < -0.39 is 5.97 Å². The number of nitrogens with one attached hydrogen (secondary N) is 1. The van der Waals surface area contributed by atoms with E-state index in [9.17, 15) is 9.59 Å². The molecule has 0 saturated heterocycles. The number of carbonyl (C=O) groups excluding carboxylic acids is 2. The van der Waals surface area contributed by atoms with E-state index in [1.54, 1.807) is 0 Å². The number of amides is 1. The summed E-state index contributed by atoms with van der Waals surface area (Å²) >= 11 is 0. The highest BCUT2D eigenvalue weighted by atomic mass is 16.5. The number of anilines is 1. The topological polar surface area (TPSA) is 55.4 Å². The fourth-order valence-corrected chi connectivity index (χ4v) is 3.31. The number of carbonyl (C=O) groups is 2. The zero-order chi connectivity index (χ0) is 20.6. The molecule has 0 unspecified atom stereocenters. The molecule has 29 heavy (non-hydrogen) atoms. The minimum absolute atomic E-state index is 0.118. The molecule has 3 aromatic rings. The molecule has 1 N–H and O–H groups in total. The number of rotatable bonds is 7. The summed E-state index contributed by atoms with van der Waals surface area (Å²) in [5.41, 5.74) is 4.89. The Balaban J connectivity index is 1.61. The van der Waals surface area contributed by atoms with E-state index in [0.29, 0.717) is 0 Å². The minimum Gasteiger partial charge on any atom is -0.456 e. The lowest BCUT2D eigenvalue weighted by Gasteiger charge is -2.17. The monoisotopic (exact) mass is 387 g/mol. The summed E-state index contributed by atoms with van der Waals surface area (Å²) in [5, 5.41) is 2.79. The average molecular weight is 387 g/mol. The largest absolute Gasteiger partial charge is 0.456 e. The van der Waals surface area contributed by atoms with Gasteiger partial charge in [0, 0.05) is 11.6 Å². The van der Waals surface area contributed by atoms with Crippen LogP contribution in [0, 0.1) is 13.8 Å². The lowest BCUT2D eigenvalue weighted by Crippen LogP contribution is -2.22. The second-order valence-electron chi connectivity index (χ2n) is 7.11. The Morgan fingerprint density at radius 3 is 2.00 bits per heavy atom. The lowest BCUT2D eigenvalue weighted by molar-refractivity contribution is -0.147. The van der Waals surface area contributed by atoms with Crippen molar-refractivity contribution in [2.75, 3.05) is 11.9 Å². The van der Waals surface area contributed by atoms with E-state index in [0.717, 1.165) is 27.9 Å². The molecule has 4 heteroatoms. The van der Waals surface area contributed by atoms with Crippen LogP contribution in [0.2, 0.25) is 0 Å². The highest BCUT2D eigenvalue weighted by Crippen LogP contribution is 2.28. The summed E-state index contributed by atoms with van der Waals surface area (Å²) in [5.74, 6) is -0.868. The van der Waals surface area contributed by atoms with Gasteiger partial charge >= 0.3 is 5.97 Å². The Hall–Kier alpha value is -3.40. The molecule has 148 valence electrons. The van der Waals surface area contributed by atoms with Crippen LogP contribution in [0.25, 0.3) is 0 Å². The van der Waals surface area contributed by atoms with Crippen molar-refractivity contribution in [3.63, 3.8) is 0 Å². The van der Waals surface area contributed by atoms with Crippen LogP contribution in [0.5, 0.6) is 0 Å². The van der Waals surface area contributed by atoms with Crippen LogP contribution in [0.1, 0.15) is 34.6 Å². The van der Waals surface area contributed by atoms with Gasteiger partial charge in [0.05, 0.1) is 6.42 Å². The fraction of sp³-hybridized carbons (Fsp3) is 0.200. The fourth-order valence-electron chi connectivity index (χ4n) is 3.31. The Labute approximate surface area is 171 Å². The molecule has 0 heterocycles. The quantitative estimate of drug-likeness (QED) is 0.580. The van der Waals surface area contributed by atoms with Crippen molar-refractivity contribution >= 4 is 17.6 Å². The normalized spacial score (nSPS) is 10.6. The van der Waals surface area contributed by atoms with Crippen LogP contribution in [-0.4, -0.2) is 18.5 Å². The van der Waals surface area contributed by atoms with Crippen molar-refractivity contribution in [2.45, 2.75) is 26.2 Å². The van der Waals surface area contributed by atoms with Gasteiger partial charge in [-0.15, -0.1) is 0 Å². The Kier molecular flexibility index (Phi) is 6.80. The third-order valence-electron chi connectivity index (χ3n) is 4.79. The molecule has 0 atom stereocenters. The average Bonchev–Trinajstić information content (AvgIpc) is 2.74. The van der Waals surface area contributed by atoms with E-state index in [2.05, 4.69) is 5.32 Å². The third-order valence-corrected chi connectivity index (χ3v) is 4.79. The smallest absolute Gasteiger partial charge is 0.307 e. The van der Waals surface area contributed by atoms with Crippen LogP contribution in [0.3, 0.4) is 0 Å². The molecule has 0 radical (unpaired) electrons. The van der Waals surface area contributed by atoms with Gasteiger partial charge in [0.2, 0.25) is 0 Å². The van der Waals surface area contributed by atoms with Gasteiger partial charge < -0.3 is 10.1 Å². The van der Waals surface area contributed by atoms with E-state index in [-0.39, 0.29) is 24.9 Å². The van der Waals surface area contributed by atoms with Crippen molar-refractivity contribution in [1.29, 1.82) is 0 Å². The Bertz CT molecular complexity index is 928. The molecule has 3 rings (SSSR count). The first kappa shape index (κ1) is 20.3. The molecule has 0 aromatic heterocycles. The number of ether oxygens (including phenoxy) is 1. The Morgan fingerprint density at radius 1 is 0.862 bits per heavy atom. The molecule has 0 aliphatic rings. The second-order valence-corrected chi connectivity index (χ2v) is 7.11. The second kappa shape index (κ2) is 9.69. The molecular weight excluding hydrogens is 362 g/mol. The van der Waals surface area contributed by atoms with Gasteiger partial charge in [0.1, 0.15) is 0 Å². The maximum atomic E-state index is 12.5. The van der Waals surface area contributed by atoms with E-state index in [1.165, 1.54) is 0 Å². The van der Waals surface area contributed by atoms with Gasteiger partial charge in [-0.2, -0.15) is 0 Å². The van der Waals surface area contributed by atoms with Crippen molar-refractivity contribution in [3.8, 4) is 0 Å². The van der Waals surface area contributed by atoms with E-state index >= 15 is 0 Å². The molecule has 0 fully saturated rings. The van der Waals surface area contributed by atoms with Gasteiger partial charge in [-0.05, 0) is 36.6 Å². The predicted molar refractivity (Wildman–Crippen MR) is 115 cm³/mol. The lowest BCUT2D eigenvalue weighted by atomic mass is 9.89.